The van der Waals surface area contributed by atoms with Gasteiger partial charge in [0.15, 0.2) is 0 Å². The molecule has 27 heavy (non-hydrogen) atoms. The van der Waals surface area contributed by atoms with Crippen molar-refractivity contribution in [3.8, 4) is 0 Å². The van der Waals surface area contributed by atoms with Crippen LogP contribution in [0.3, 0.4) is 0 Å². The number of hydrogen-bond donors (Lipinski definition) is 1. The van der Waals surface area contributed by atoms with Crippen LogP contribution in [0.1, 0.15) is 49.3 Å². The molecular weight excluding hydrogens is 349 g/mol. The maximum Gasteiger partial charge on any atom is 0.418 e. The molecule has 0 spiro atoms. The Labute approximate surface area is 158 Å². The molecule has 0 saturated carbocycles. The number of hydrogen-bond acceptors (Lipinski definition) is 2. The van der Waals surface area contributed by atoms with Crippen molar-refractivity contribution in [1.82, 2.24) is 0 Å². The highest BCUT2D eigenvalue weighted by Gasteiger charge is 2.35. The average Bonchev–Trinajstić information content (AvgIpc) is 3.15. The zero-order chi connectivity index (χ0) is 19.6. The first-order chi connectivity index (χ1) is 12.8. The van der Waals surface area contributed by atoms with Crippen molar-refractivity contribution in [2.24, 2.45) is 0 Å². The summed E-state index contributed by atoms with van der Waals surface area (Å²) in [7, 11) is 0. The van der Waals surface area contributed by atoms with Gasteiger partial charge in [-0.2, -0.15) is 13.2 Å². The van der Waals surface area contributed by atoms with Crippen LogP contribution in [0.15, 0.2) is 49.0 Å². The highest BCUT2D eigenvalue weighted by Crippen LogP contribution is 2.39. The summed E-state index contributed by atoms with van der Waals surface area (Å²) in [4.78, 5) is 1.81. The second-order valence-corrected chi connectivity index (χ2v) is 7.31. The molecule has 0 radical (unpaired) electrons. The van der Waals surface area contributed by atoms with Gasteiger partial charge in [-0.25, -0.2) is 0 Å². The molecule has 1 N–H and O–H groups in total. The fourth-order valence-electron chi connectivity index (χ4n) is 3.41. The predicted molar refractivity (Wildman–Crippen MR) is 106 cm³/mol. The van der Waals surface area contributed by atoms with Gasteiger partial charge in [0.05, 0.1) is 5.56 Å². The lowest BCUT2D eigenvalue weighted by atomic mass is 10.0. The summed E-state index contributed by atoms with van der Waals surface area (Å²) in [6, 6.07) is 12.3. The minimum absolute atomic E-state index is 0.262. The smallest absolute Gasteiger partial charge is 0.371 e. The second kappa shape index (κ2) is 7.67. The molecule has 1 aliphatic rings. The third-order valence-corrected chi connectivity index (χ3v) is 4.95. The number of nitrogens with one attached hydrogen (secondary N) is 1. The number of alkyl halides is 3. The highest BCUT2D eigenvalue weighted by molar-refractivity contribution is 5.77. The molecule has 5 heteroatoms. The molecule has 0 amide bonds. The Morgan fingerprint density at radius 3 is 2.41 bits per heavy atom. The SMILES string of the molecule is C=C(Nc1cccc(C(C)C)c1)c1ccc(N2CCCC2)c(C(F)(F)F)c1. The van der Waals surface area contributed by atoms with E-state index in [1.165, 1.54) is 6.07 Å². The summed E-state index contributed by atoms with van der Waals surface area (Å²) < 4.78 is 40.9. The van der Waals surface area contributed by atoms with Gasteiger partial charge in [0.25, 0.3) is 0 Å². The lowest BCUT2D eigenvalue weighted by Crippen LogP contribution is -2.22. The maximum atomic E-state index is 13.6. The van der Waals surface area contributed by atoms with Gasteiger partial charge in [0.1, 0.15) is 0 Å². The lowest BCUT2D eigenvalue weighted by Gasteiger charge is -2.24. The zero-order valence-corrected chi connectivity index (χ0v) is 15.7. The van der Waals surface area contributed by atoms with Gasteiger partial charge in [-0.1, -0.05) is 38.6 Å². The molecule has 1 saturated heterocycles. The Hall–Kier alpha value is -2.43. The van der Waals surface area contributed by atoms with Gasteiger partial charge in [-0.05, 0) is 54.2 Å². The van der Waals surface area contributed by atoms with Crippen LogP contribution < -0.4 is 10.2 Å². The molecule has 3 rings (SSSR count). The van der Waals surface area contributed by atoms with E-state index >= 15 is 0 Å². The third kappa shape index (κ3) is 4.46. The summed E-state index contributed by atoms with van der Waals surface area (Å²) in [6.45, 7) is 9.49. The molecule has 0 bridgehead atoms. The summed E-state index contributed by atoms with van der Waals surface area (Å²) >= 11 is 0. The predicted octanol–water partition coefficient (Wildman–Crippen LogP) is 6.51. The van der Waals surface area contributed by atoms with Crippen LogP contribution >= 0.6 is 0 Å². The van der Waals surface area contributed by atoms with E-state index in [9.17, 15) is 13.2 Å². The van der Waals surface area contributed by atoms with Gasteiger partial charge in [-0.3, -0.25) is 0 Å². The third-order valence-electron chi connectivity index (χ3n) is 4.95. The van der Waals surface area contributed by atoms with E-state index in [1.807, 2.05) is 29.2 Å². The number of benzene rings is 2. The molecule has 1 aliphatic heterocycles. The Bertz CT molecular complexity index is 819. The number of anilines is 2. The van der Waals surface area contributed by atoms with Crippen molar-refractivity contribution in [2.45, 2.75) is 38.8 Å². The lowest BCUT2D eigenvalue weighted by molar-refractivity contribution is -0.137. The Kier molecular flexibility index (Phi) is 5.49. The van der Waals surface area contributed by atoms with Crippen LogP contribution in [0.4, 0.5) is 24.5 Å². The topological polar surface area (TPSA) is 15.3 Å². The van der Waals surface area contributed by atoms with Crippen LogP contribution in [-0.4, -0.2) is 13.1 Å². The molecule has 0 aromatic heterocycles. The standard InChI is InChI=1S/C22H25F3N2/c1-15(2)17-7-6-8-19(13-17)26-16(3)18-9-10-21(27-11-4-5-12-27)20(14-18)22(23,24)25/h6-10,13-15,26H,3-5,11-12H2,1-2H3. The van der Waals surface area contributed by atoms with Gasteiger partial charge in [0, 0.05) is 30.2 Å². The fourth-order valence-corrected chi connectivity index (χ4v) is 3.41. The van der Waals surface area contributed by atoms with Gasteiger partial charge >= 0.3 is 6.18 Å². The van der Waals surface area contributed by atoms with Crippen LogP contribution in [0, 0.1) is 0 Å². The van der Waals surface area contributed by atoms with Crippen LogP contribution in [0.5, 0.6) is 0 Å². The number of nitrogens with zero attached hydrogens (tertiary/aromatic N) is 1. The molecule has 2 nitrogen and oxygen atoms in total. The highest BCUT2D eigenvalue weighted by atomic mass is 19.4. The van der Waals surface area contributed by atoms with Crippen molar-refractivity contribution < 1.29 is 13.2 Å². The monoisotopic (exact) mass is 374 g/mol. The summed E-state index contributed by atoms with van der Waals surface area (Å²) in [5.41, 5.74) is 2.55. The van der Waals surface area contributed by atoms with E-state index in [4.69, 9.17) is 0 Å². The molecule has 1 heterocycles. The Morgan fingerprint density at radius 2 is 1.78 bits per heavy atom. The summed E-state index contributed by atoms with van der Waals surface area (Å²) in [5, 5.41) is 3.15. The normalized spacial score (nSPS) is 14.7. The van der Waals surface area contributed by atoms with Gasteiger partial charge in [0.2, 0.25) is 0 Å². The molecule has 0 aliphatic carbocycles. The molecular formula is C22H25F3N2. The Morgan fingerprint density at radius 1 is 1.07 bits per heavy atom. The zero-order valence-electron chi connectivity index (χ0n) is 15.7. The fraction of sp³-hybridized carbons (Fsp3) is 0.364. The van der Waals surface area contributed by atoms with Crippen molar-refractivity contribution in [3.05, 3.63) is 65.7 Å². The van der Waals surface area contributed by atoms with Crippen LogP contribution in [0.25, 0.3) is 5.70 Å². The van der Waals surface area contributed by atoms with Crippen molar-refractivity contribution in [3.63, 3.8) is 0 Å². The van der Waals surface area contributed by atoms with E-state index in [2.05, 4.69) is 25.7 Å². The maximum absolute atomic E-state index is 13.6. The number of rotatable bonds is 5. The van der Waals surface area contributed by atoms with E-state index in [0.717, 1.165) is 24.1 Å². The van der Waals surface area contributed by atoms with E-state index in [0.29, 0.717) is 30.3 Å². The first kappa shape index (κ1) is 19.3. The van der Waals surface area contributed by atoms with Crippen molar-refractivity contribution in [1.29, 1.82) is 0 Å². The Balaban J connectivity index is 1.87. The minimum Gasteiger partial charge on any atom is -0.371 e. The van der Waals surface area contributed by atoms with E-state index in [-0.39, 0.29) is 5.69 Å². The van der Waals surface area contributed by atoms with Gasteiger partial charge in [-0.15, -0.1) is 0 Å². The first-order valence-corrected chi connectivity index (χ1v) is 9.28. The molecule has 0 unspecified atom stereocenters. The molecule has 2 aromatic carbocycles. The van der Waals surface area contributed by atoms with E-state index in [1.54, 1.807) is 12.1 Å². The van der Waals surface area contributed by atoms with Crippen molar-refractivity contribution >= 4 is 17.1 Å². The average molecular weight is 374 g/mol. The molecule has 144 valence electrons. The first-order valence-electron chi connectivity index (χ1n) is 9.28. The summed E-state index contributed by atoms with van der Waals surface area (Å²) in [6.07, 6.45) is -2.54. The second-order valence-electron chi connectivity index (χ2n) is 7.31. The minimum atomic E-state index is -4.40. The largest absolute Gasteiger partial charge is 0.418 e. The summed E-state index contributed by atoms with van der Waals surface area (Å²) in [5.74, 6) is 0.372. The molecule has 2 aromatic rings. The quantitative estimate of drug-likeness (QED) is 0.641. The van der Waals surface area contributed by atoms with Crippen LogP contribution in [-0.2, 0) is 6.18 Å². The van der Waals surface area contributed by atoms with Gasteiger partial charge < -0.3 is 10.2 Å². The molecule has 1 fully saturated rings. The molecule has 0 atom stereocenters. The number of halogens is 3. The van der Waals surface area contributed by atoms with Crippen molar-refractivity contribution in [2.75, 3.05) is 23.3 Å². The van der Waals surface area contributed by atoms with E-state index < -0.39 is 11.7 Å². The van der Waals surface area contributed by atoms with Crippen LogP contribution in [0.2, 0.25) is 0 Å².